The first-order chi connectivity index (χ1) is 22.8. The highest BCUT2D eigenvalue weighted by molar-refractivity contribution is 8.15. The number of ether oxygens (including phenoxy) is 2. The average molecular weight is 643 g/mol. The van der Waals surface area contributed by atoms with Gasteiger partial charge < -0.3 is 19.9 Å². The summed E-state index contributed by atoms with van der Waals surface area (Å²) in [6, 6.07) is 30.2. The Morgan fingerprint density at radius 3 is 2.47 bits per heavy atom. The first kappa shape index (κ1) is 29.8. The van der Waals surface area contributed by atoms with Crippen LogP contribution in [0.5, 0.6) is 11.5 Å². The summed E-state index contributed by atoms with van der Waals surface area (Å²) in [6.45, 7) is 1.89. The number of carbonyl (C=O) groups is 3. The average Bonchev–Trinajstić information content (AvgIpc) is 3.68. The zero-order valence-corrected chi connectivity index (χ0v) is 25.7. The van der Waals surface area contributed by atoms with Crippen molar-refractivity contribution in [3.63, 3.8) is 0 Å². The summed E-state index contributed by atoms with van der Waals surface area (Å²) in [5.74, 6) is -0.387. The molecule has 2 aliphatic heterocycles. The zero-order valence-electron chi connectivity index (χ0n) is 24.9. The molecular weight excluding hydrogens is 616 g/mol. The van der Waals surface area contributed by atoms with E-state index in [1.54, 1.807) is 73.7 Å². The molecule has 2 N–H and O–H groups in total. The van der Waals surface area contributed by atoms with E-state index in [0.717, 1.165) is 5.56 Å². The molecule has 10 nitrogen and oxygen atoms in total. The number of amidine groups is 1. The summed E-state index contributed by atoms with van der Waals surface area (Å²) in [6.07, 6.45) is 1.68. The maximum absolute atomic E-state index is 13.6. The van der Waals surface area contributed by atoms with Crippen LogP contribution in [0.25, 0.3) is 28.2 Å². The number of thioether (sulfide) groups is 1. The minimum atomic E-state index is -1.03. The second-order valence-electron chi connectivity index (χ2n) is 10.7. The van der Waals surface area contributed by atoms with Crippen molar-refractivity contribution in [2.75, 3.05) is 17.0 Å². The number of amides is 2. The molecule has 4 aromatic carbocycles. The van der Waals surface area contributed by atoms with Gasteiger partial charge in [-0.25, -0.2) is 14.8 Å². The fraction of sp³-hybridized carbons (Fsp3) is 0.0833. The Kier molecular flexibility index (Phi) is 7.88. The predicted octanol–water partition coefficient (Wildman–Crippen LogP) is 6.83. The maximum Gasteiger partial charge on any atom is 0.336 e. The first-order valence-electron chi connectivity index (χ1n) is 14.6. The molecular formula is C36H26N4O6S. The van der Waals surface area contributed by atoms with Crippen LogP contribution < -0.4 is 19.7 Å². The van der Waals surface area contributed by atoms with E-state index in [4.69, 9.17) is 9.47 Å². The Hall–Kier alpha value is -5.94. The van der Waals surface area contributed by atoms with Crippen molar-refractivity contribution in [1.82, 2.24) is 4.98 Å². The van der Waals surface area contributed by atoms with E-state index in [1.807, 2.05) is 42.5 Å². The molecule has 11 heteroatoms. The van der Waals surface area contributed by atoms with E-state index in [0.29, 0.717) is 50.2 Å². The molecule has 0 bridgehead atoms. The quantitative estimate of drug-likeness (QED) is 0.185. The Morgan fingerprint density at radius 2 is 1.68 bits per heavy atom. The number of fused-ring (bicyclic) bond motifs is 2. The van der Waals surface area contributed by atoms with Crippen LogP contribution in [-0.2, 0) is 9.59 Å². The lowest BCUT2D eigenvalue weighted by molar-refractivity contribution is -0.115. The highest BCUT2D eigenvalue weighted by Crippen LogP contribution is 2.35. The van der Waals surface area contributed by atoms with Crippen molar-refractivity contribution in [1.29, 1.82) is 0 Å². The lowest BCUT2D eigenvalue weighted by atomic mass is 10.0. The maximum atomic E-state index is 13.6. The Labute approximate surface area is 273 Å². The van der Waals surface area contributed by atoms with Gasteiger partial charge in [-0.05, 0) is 67.1 Å². The van der Waals surface area contributed by atoms with Gasteiger partial charge in [0, 0.05) is 16.6 Å². The topological polar surface area (TPSA) is 130 Å². The number of nitrogens with one attached hydrogen (secondary N) is 1. The summed E-state index contributed by atoms with van der Waals surface area (Å²) in [5, 5.41) is 13.0. The number of hydrogen-bond donors (Lipinski definition) is 2. The van der Waals surface area contributed by atoms with Gasteiger partial charge in [0.1, 0.15) is 5.70 Å². The molecule has 2 amide bonds. The van der Waals surface area contributed by atoms with Crippen LogP contribution in [0.4, 0.5) is 11.4 Å². The van der Waals surface area contributed by atoms with Gasteiger partial charge in [-0.1, -0.05) is 66.4 Å². The van der Waals surface area contributed by atoms with E-state index in [1.165, 1.54) is 16.7 Å². The molecule has 0 spiro atoms. The highest BCUT2D eigenvalue weighted by atomic mass is 32.2. The van der Waals surface area contributed by atoms with Gasteiger partial charge in [-0.3, -0.25) is 14.5 Å². The summed E-state index contributed by atoms with van der Waals surface area (Å²) >= 11 is 1.17. The van der Waals surface area contributed by atoms with Gasteiger partial charge in [-0.2, -0.15) is 0 Å². The minimum Gasteiger partial charge on any atom is -0.478 e. The largest absolute Gasteiger partial charge is 0.478 e. The Bertz CT molecular complexity index is 2110. The molecule has 0 saturated heterocycles. The smallest absolute Gasteiger partial charge is 0.336 e. The van der Waals surface area contributed by atoms with E-state index < -0.39 is 11.2 Å². The number of anilines is 2. The third-order valence-corrected chi connectivity index (χ3v) is 8.64. The number of carboxylic acids is 1. The minimum absolute atomic E-state index is 0.147. The third kappa shape index (κ3) is 6.03. The van der Waals surface area contributed by atoms with Crippen LogP contribution in [-0.4, -0.2) is 45.1 Å². The lowest BCUT2D eigenvalue weighted by Gasteiger charge is -2.20. The van der Waals surface area contributed by atoms with Crippen molar-refractivity contribution in [3.05, 3.63) is 120 Å². The summed E-state index contributed by atoms with van der Waals surface area (Å²) in [4.78, 5) is 49.6. The fourth-order valence-electron chi connectivity index (χ4n) is 5.22. The molecule has 47 heavy (non-hydrogen) atoms. The number of aliphatic imine (C=N–C) groups is 1. The van der Waals surface area contributed by atoms with Crippen LogP contribution >= 0.6 is 11.8 Å². The van der Waals surface area contributed by atoms with E-state index in [2.05, 4.69) is 15.3 Å². The molecule has 0 aliphatic carbocycles. The number of rotatable bonds is 7. The SMILES string of the molecule is CC(SC1=N/C(=C\c2ccc3c(c2)OCO3)C(=O)N1c1ccccc1)C(=O)Nc1ccc(-c2cc(C(=O)O)c3ccccc3n2)cc1. The molecule has 0 saturated carbocycles. The highest BCUT2D eigenvalue weighted by Gasteiger charge is 2.34. The van der Waals surface area contributed by atoms with Crippen LogP contribution in [0.3, 0.4) is 0 Å². The monoisotopic (exact) mass is 642 g/mol. The van der Waals surface area contributed by atoms with Crippen molar-refractivity contribution < 1.29 is 29.0 Å². The second kappa shape index (κ2) is 12.5. The van der Waals surface area contributed by atoms with Gasteiger partial charge >= 0.3 is 5.97 Å². The number of carboxylic acid groups (broad SMARTS) is 1. The van der Waals surface area contributed by atoms with Gasteiger partial charge in [-0.15, -0.1) is 0 Å². The molecule has 5 aromatic rings. The molecule has 1 aromatic heterocycles. The number of aromatic carboxylic acids is 1. The van der Waals surface area contributed by atoms with Crippen LogP contribution in [0.1, 0.15) is 22.8 Å². The molecule has 3 heterocycles. The summed E-state index contributed by atoms with van der Waals surface area (Å²) in [5.41, 5.74) is 4.11. The van der Waals surface area contributed by atoms with Crippen molar-refractivity contribution in [2.24, 2.45) is 4.99 Å². The van der Waals surface area contributed by atoms with Crippen molar-refractivity contribution in [2.45, 2.75) is 12.2 Å². The molecule has 232 valence electrons. The molecule has 7 rings (SSSR count). The zero-order chi connectivity index (χ0) is 32.5. The standard InChI is InChI=1S/C36H26N4O6S/c1-21(33(41)37-24-14-12-23(13-15-24)29-19-27(35(43)44)26-9-5-6-10-28(26)38-29)47-36-39-30(34(42)40(36)25-7-3-2-4-8-25)17-22-11-16-31-32(18-22)46-20-45-31/h2-19,21H,20H2,1H3,(H,37,41)(H,43,44)/b30-17-. The van der Waals surface area contributed by atoms with Gasteiger partial charge in [0.2, 0.25) is 12.7 Å². The number of hydrogen-bond acceptors (Lipinski definition) is 8. The van der Waals surface area contributed by atoms with E-state index in [-0.39, 0.29) is 29.9 Å². The molecule has 2 aliphatic rings. The van der Waals surface area contributed by atoms with Crippen molar-refractivity contribution >= 4 is 63.1 Å². The molecule has 0 fully saturated rings. The lowest BCUT2D eigenvalue weighted by Crippen LogP contribution is -2.33. The fourth-order valence-corrected chi connectivity index (χ4v) is 6.15. The van der Waals surface area contributed by atoms with Crippen molar-refractivity contribution in [3.8, 4) is 22.8 Å². The van der Waals surface area contributed by atoms with Crippen LogP contribution in [0.15, 0.2) is 114 Å². The number of aromatic nitrogens is 1. The summed E-state index contributed by atoms with van der Waals surface area (Å²) in [7, 11) is 0. The molecule has 1 unspecified atom stereocenters. The third-order valence-electron chi connectivity index (χ3n) is 7.59. The summed E-state index contributed by atoms with van der Waals surface area (Å²) < 4.78 is 10.9. The predicted molar refractivity (Wildman–Crippen MR) is 182 cm³/mol. The number of nitrogens with zero attached hydrogens (tertiary/aromatic N) is 3. The number of benzene rings is 4. The van der Waals surface area contributed by atoms with Crippen LogP contribution in [0, 0.1) is 0 Å². The number of carbonyl (C=O) groups excluding carboxylic acids is 2. The van der Waals surface area contributed by atoms with Gasteiger partial charge in [0.25, 0.3) is 5.91 Å². The second-order valence-corrected chi connectivity index (χ2v) is 12.0. The van der Waals surface area contributed by atoms with Gasteiger partial charge in [0.15, 0.2) is 16.7 Å². The normalized spacial score (nSPS) is 15.2. The number of para-hydroxylation sites is 2. The first-order valence-corrected chi connectivity index (χ1v) is 15.5. The number of pyridine rings is 1. The van der Waals surface area contributed by atoms with E-state index >= 15 is 0 Å². The molecule has 0 radical (unpaired) electrons. The van der Waals surface area contributed by atoms with Crippen LogP contribution in [0.2, 0.25) is 0 Å². The Balaban J connectivity index is 1.09. The van der Waals surface area contributed by atoms with Gasteiger partial charge in [0.05, 0.1) is 27.7 Å². The Morgan fingerprint density at radius 1 is 0.936 bits per heavy atom. The van der Waals surface area contributed by atoms with E-state index in [9.17, 15) is 19.5 Å². The molecule has 1 atom stereocenters.